The van der Waals surface area contributed by atoms with Gasteiger partial charge in [-0.25, -0.2) is 0 Å². The number of nitro groups is 1. The predicted octanol–water partition coefficient (Wildman–Crippen LogP) is 4.93. The molecular formula is C27H16ClN5O7. The maximum absolute atomic E-state index is 13.6. The highest BCUT2D eigenvalue weighted by Crippen LogP contribution is 2.44. The summed E-state index contributed by atoms with van der Waals surface area (Å²) in [4.78, 5) is 39.0. The van der Waals surface area contributed by atoms with Gasteiger partial charge in [0.1, 0.15) is 39.5 Å². The number of benzene rings is 4. The van der Waals surface area contributed by atoms with Crippen LogP contribution in [0.3, 0.4) is 0 Å². The fraction of sp³-hybridized carbons (Fsp3) is 0.0370. The molecule has 0 spiro atoms. The summed E-state index contributed by atoms with van der Waals surface area (Å²) in [5.41, 5.74) is -0.247. The van der Waals surface area contributed by atoms with Gasteiger partial charge in [-0.05, 0) is 55.0 Å². The molecule has 5 aromatic rings. The molecule has 6 rings (SSSR count). The maximum Gasteiger partial charge on any atom is 0.281 e. The molecule has 40 heavy (non-hydrogen) atoms. The molecule has 0 aliphatic heterocycles. The third-order valence-electron chi connectivity index (χ3n) is 6.60. The number of fused-ring (bicyclic) bond motifs is 3. The van der Waals surface area contributed by atoms with Crippen LogP contribution in [-0.2, 0) is 0 Å². The van der Waals surface area contributed by atoms with E-state index in [1.54, 1.807) is 31.2 Å². The number of phenolic OH excluding ortho intramolecular Hbond substituents is 3. The number of hydrogen-bond donors (Lipinski definition) is 4. The number of aromatic hydroxyl groups is 3. The minimum atomic E-state index is -0.946. The van der Waals surface area contributed by atoms with Gasteiger partial charge in [-0.15, -0.1) is 15.0 Å². The van der Waals surface area contributed by atoms with E-state index in [2.05, 4.69) is 15.5 Å². The number of aromatic nitrogens is 3. The van der Waals surface area contributed by atoms with E-state index in [0.29, 0.717) is 27.3 Å². The predicted molar refractivity (Wildman–Crippen MR) is 143 cm³/mol. The van der Waals surface area contributed by atoms with Gasteiger partial charge in [-0.3, -0.25) is 19.7 Å². The number of ketones is 2. The highest BCUT2D eigenvalue weighted by atomic mass is 35.5. The lowest BCUT2D eigenvalue weighted by atomic mass is 9.81. The molecule has 0 bridgehead atoms. The zero-order valence-electron chi connectivity index (χ0n) is 20.3. The molecule has 1 aromatic heterocycles. The number of carbonyl (C=O) groups excluding carboxylic acids is 2. The summed E-state index contributed by atoms with van der Waals surface area (Å²) in [5.74, 6) is -3.27. The van der Waals surface area contributed by atoms with Crippen molar-refractivity contribution in [2.24, 2.45) is 0 Å². The Labute approximate surface area is 228 Å². The Hall–Kier alpha value is -5.49. The quantitative estimate of drug-likeness (QED) is 0.132. The van der Waals surface area contributed by atoms with Gasteiger partial charge < -0.3 is 20.6 Å². The van der Waals surface area contributed by atoms with Gasteiger partial charge in [0.05, 0.1) is 27.3 Å². The van der Waals surface area contributed by atoms with Crippen LogP contribution in [0.1, 0.15) is 37.4 Å². The fourth-order valence-corrected chi connectivity index (χ4v) is 4.89. The SMILES string of the molecule is Cc1cc(-n2nc3ccc(Cl)cc3n2)c(O)cc1Nc1ccc(O)c2c1C(=O)c1c([N+](=O)[O-])ccc(O)c1C2=O. The van der Waals surface area contributed by atoms with Crippen LogP contribution >= 0.6 is 11.6 Å². The second-order valence-corrected chi connectivity index (χ2v) is 9.49. The molecule has 13 heteroatoms. The van der Waals surface area contributed by atoms with E-state index in [1.807, 2.05) is 0 Å². The van der Waals surface area contributed by atoms with Crippen molar-refractivity contribution in [2.45, 2.75) is 6.92 Å². The van der Waals surface area contributed by atoms with E-state index in [9.17, 15) is 35.0 Å². The average Bonchev–Trinajstić information content (AvgIpc) is 3.32. The smallest absolute Gasteiger partial charge is 0.281 e. The van der Waals surface area contributed by atoms with Crippen molar-refractivity contribution in [1.29, 1.82) is 0 Å². The highest BCUT2D eigenvalue weighted by molar-refractivity contribution is 6.33. The van der Waals surface area contributed by atoms with Gasteiger partial charge >= 0.3 is 0 Å². The summed E-state index contributed by atoms with van der Waals surface area (Å²) in [6, 6.07) is 12.3. The van der Waals surface area contributed by atoms with Crippen molar-refractivity contribution < 1.29 is 29.8 Å². The minimum absolute atomic E-state index is 0.0438. The van der Waals surface area contributed by atoms with Crippen molar-refractivity contribution >= 4 is 51.3 Å². The largest absolute Gasteiger partial charge is 0.507 e. The third kappa shape index (κ3) is 3.69. The van der Waals surface area contributed by atoms with Crippen LogP contribution in [0.2, 0.25) is 5.02 Å². The number of anilines is 2. The number of hydrogen-bond acceptors (Lipinski definition) is 10. The van der Waals surface area contributed by atoms with Crippen LogP contribution in [-0.4, -0.2) is 46.8 Å². The molecule has 0 radical (unpaired) electrons. The Balaban J connectivity index is 1.45. The number of aryl methyl sites for hydroxylation is 1. The number of nitrogens with one attached hydrogen (secondary N) is 1. The average molecular weight is 558 g/mol. The fourth-order valence-electron chi connectivity index (χ4n) is 4.72. The van der Waals surface area contributed by atoms with Crippen molar-refractivity contribution in [1.82, 2.24) is 15.0 Å². The first-order chi connectivity index (χ1) is 19.0. The molecule has 4 aromatic carbocycles. The van der Waals surface area contributed by atoms with Crippen molar-refractivity contribution in [3.05, 3.63) is 97.6 Å². The number of rotatable bonds is 4. The van der Waals surface area contributed by atoms with Gasteiger partial charge in [0.15, 0.2) is 0 Å². The van der Waals surface area contributed by atoms with Crippen LogP contribution in [0.5, 0.6) is 17.2 Å². The molecule has 0 unspecified atom stereocenters. The first kappa shape index (κ1) is 24.8. The molecule has 0 fully saturated rings. The summed E-state index contributed by atoms with van der Waals surface area (Å²) < 4.78 is 0. The Morgan fingerprint density at radius 2 is 1.45 bits per heavy atom. The third-order valence-corrected chi connectivity index (χ3v) is 6.83. The summed E-state index contributed by atoms with van der Waals surface area (Å²) in [7, 11) is 0. The minimum Gasteiger partial charge on any atom is -0.507 e. The molecule has 0 saturated carbocycles. The Kier molecular flexibility index (Phi) is 5.45. The van der Waals surface area contributed by atoms with E-state index >= 15 is 0 Å². The van der Waals surface area contributed by atoms with Crippen LogP contribution in [0.25, 0.3) is 16.7 Å². The van der Waals surface area contributed by atoms with E-state index in [-0.39, 0.29) is 22.7 Å². The molecule has 12 nitrogen and oxygen atoms in total. The lowest BCUT2D eigenvalue weighted by Gasteiger charge is -2.22. The number of halogens is 1. The Morgan fingerprint density at radius 3 is 2.17 bits per heavy atom. The van der Waals surface area contributed by atoms with Crippen molar-refractivity contribution in [3.63, 3.8) is 0 Å². The van der Waals surface area contributed by atoms with E-state index < -0.39 is 50.4 Å². The second kappa shape index (κ2) is 8.78. The van der Waals surface area contributed by atoms with Crippen molar-refractivity contribution in [3.8, 4) is 22.9 Å². The molecule has 4 N–H and O–H groups in total. The lowest BCUT2D eigenvalue weighted by molar-refractivity contribution is -0.385. The standard InChI is InChI=1S/C27H16ClN5O7/c1-11-8-18(32-30-13-3-2-12(28)9-16(13)31-32)21(36)10-15(11)29-14-4-6-19(34)24-22(14)26(37)23-17(33(39)40)5-7-20(35)25(23)27(24)38/h2-10,29,34-36H,1H3. The highest BCUT2D eigenvalue weighted by Gasteiger charge is 2.41. The molecular weight excluding hydrogens is 542 g/mol. The Morgan fingerprint density at radius 1 is 0.800 bits per heavy atom. The topological polar surface area (TPSA) is 181 Å². The first-order valence-electron chi connectivity index (χ1n) is 11.6. The lowest BCUT2D eigenvalue weighted by Crippen LogP contribution is -2.24. The van der Waals surface area contributed by atoms with E-state index in [1.165, 1.54) is 23.0 Å². The van der Waals surface area contributed by atoms with E-state index in [4.69, 9.17) is 11.6 Å². The number of nitrogens with zero attached hydrogens (tertiary/aromatic N) is 4. The molecule has 1 heterocycles. The van der Waals surface area contributed by atoms with Crippen LogP contribution in [0, 0.1) is 17.0 Å². The molecule has 1 aliphatic rings. The Bertz CT molecular complexity index is 1970. The zero-order chi connectivity index (χ0) is 28.5. The van der Waals surface area contributed by atoms with Gasteiger partial charge in [0, 0.05) is 22.8 Å². The summed E-state index contributed by atoms with van der Waals surface area (Å²) >= 11 is 6.03. The van der Waals surface area contributed by atoms with Gasteiger partial charge in [0.25, 0.3) is 5.69 Å². The van der Waals surface area contributed by atoms with Gasteiger partial charge in [-0.2, -0.15) is 0 Å². The molecule has 0 atom stereocenters. The zero-order valence-corrected chi connectivity index (χ0v) is 21.1. The number of phenols is 3. The second-order valence-electron chi connectivity index (χ2n) is 9.05. The van der Waals surface area contributed by atoms with Gasteiger partial charge in [-0.1, -0.05) is 11.6 Å². The monoisotopic (exact) mass is 557 g/mol. The normalized spacial score (nSPS) is 12.3. The summed E-state index contributed by atoms with van der Waals surface area (Å²) in [6.07, 6.45) is 0. The molecule has 198 valence electrons. The first-order valence-corrected chi connectivity index (χ1v) is 12.0. The maximum atomic E-state index is 13.6. The van der Waals surface area contributed by atoms with Gasteiger partial charge in [0.2, 0.25) is 11.6 Å². The van der Waals surface area contributed by atoms with Crippen LogP contribution in [0.4, 0.5) is 17.1 Å². The summed E-state index contributed by atoms with van der Waals surface area (Å²) in [6.45, 7) is 1.71. The number of nitro benzene ring substituents is 1. The number of carbonyl (C=O) groups is 2. The van der Waals surface area contributed by atoms with Crippen molar-refractivity contribution in [2.75, 3.05) is 5.32 Å². The molecule has 0 saturated heterocycles. The van der Waals surface area contributed by atoms with E-state index in [0.717, 1.165) is 12.1 Å². The molecule has 0 amide bonds. The van der Waals surface area contributed by atoms with Crippen LogP contribution < -0.4 is 5.32 Å². The molecule has 1 aliphatic carbocycles. The van der Waals surface area contributed by atoms with Crippen LogP contribution in [0.15, 0.2) is 54.6 Å². The summed E-state index contributed by atoms with van der Waals surface area (Å²) in [5, 5.41) is 55.4.